The highest BCUT2D eigenvalue weighted by Gasteiger charge is 2.36. The average Bonchev–Trinajstić information content (AvgIpc) is 2.81. The van der Waals surface area contributed by atoms with E-state index in [2.05, 4.69) is 15.9 Å². The standard InChI is InChI=1S/C13H14BrFN2O3/c14-8-1-2-9(10(15)5-8)11(12(16)18)17-4-3-7(6-17)13(19)20/h1-2,5,7,11H,3-4,6H2,(H2,16,18)(H,19,20). The number of carbonyl (C=O) groups excluding carboxylic acids is 1. The predicted octanol–water partition coefficient (Wildman–Crippen LogP) is 1.52. The molecule has 1 heterocycles. The van der Waals surface area contributed by atoms with Crippen LogP contribution in [-0.4, -0.2) is 35.0 Å². The van der Waals surface area contributed by atoms with Crippen molar-refractivity contribution in [2.24, 2.45) is 11.7 Å². The topological polar surface area (TPSA) is 83.6 Å². The molecule has 7 heteroatoms. The molecule has 1 fully saturated rings. The minimum Gasteiger partial charge on any atom is -0.481 e. The number of aliphatic carboxylic acids is 1. The van der Waals surface area contributed by atoms with Crippen LogP contribution in [0, 0.1) is 11.7 Å². The number of benzene rings is 1. The maximum absolute atomic E-state index is 14.0. The second kappa shape index (κ2) is 5.88. The molecule has 108 valence electrons. The van der Waals surface area contributed by atoms with Crippen molar-refractivity contribution in [3.63, 3.8) is 0 Å². The number of halogens is 2. The Morgan fingerprint density at radius 2 is 2.20 bits per heavy atom. The number of carboxylic acid groups (broad SMARTS) is 1. The lowest BCUT2D eigenvalue weighted by Gasteiger charge is -2.25. The zero-order chi connectivity index (χ0) is 14.9. The van der Waals surface area contributed by atoms with Crippen LogP contribution >= 0.6 is 15.9 Å². The maximum atomic E-state index is 14.0. The number of likely N-dealkylation sites (tertiary alicyclic amines) is 1. The van der Waals surface area contributed by atoms with Gasteiger partial charge < -0.3 is 10.8 Å². The second-order valence-corrected chi connectivity index (χ2v) is 5.71. The van der Waals surface area contributed by atoms with E-state index in [0.29, 0.717) is 17.4 Å². The molecule has 0 bridgehead atoms. The van der Waals surface area contributed by atoms with E-state index in [1.807, 2.05) is 0 Å². The summed E-state index contributed by atoms with van der Waals surface area (Å²) in [5.41, 5.74) is 5.54. The van der Waals surface area contributed by atoms with Gasteiger partial charge in [0.25, 0.3) is 0 Å². The third-order valence-electron chi connectivity index (χ3n) is 3.46. The van der Waals surface area contributed by atoms with E-state index in [9.17, 15) is 14.0 Å². The molecule has 1 amide bonds. The van der Waals surface area contributed by atoms with Crippen molar-refractivity contribution < 1.29 is 19.1 Å². The van der Waals surface area contributed by atoms with Gasteiger partial charge in [-0.1, -0.05) is 22.0 Å². The fourth-order valence-corrected chi connectivity index (χ4v) is 2.81. The van der Waals surface area contributed by atoms with Crippen molar-refractivity contribution in [3.8, 4) is 0 Å². The predicted molar refractivity (Wildman–Crippen MR) is 73.4 cm³/mol. The number of carboxylic acids is 1. The summed E-state index contributed by atoms with van der Waals surface area (Å²) in [5.74, 6) is -2.68. The molecule has 5 nitrogen and oxygen atoms in total. The number of amides is 1. The molecule has 0 saturated carbocycles. The molecule has 1 saturated heterocycles. The smallest absolute Gasteiger partial charge is 0.307 e. The lowest BCUT2D eigenvalue weighted by atomic mass is 10.0. The first-order chi connectivity index (χ1) is 9.40. The van der Waals surface area contributed by atoms with Crippen LogP contribution in [0.25, 0.3) is 0 Å². The van der Waals surface area contributed by atoms with Gasteiger partial charge in [0.05, 0.1) is 5.92 Å². The van der Waals surface area contributed by atoms with E-state index in [1.54, 1.807) is 11.0 Å². The Balaban J connectivity index is 2.28. The lowest BCUT2D eigenvalue weighted by molar-refractivity contribution is -0.141. The number of carbonyl (C=O) groups is 2. The molecule has 2 atom stereocenters. The molecule has 0 spiro atoms. The van der Waals surface area contributed by atoms with E-state index in [1.165, 1.54) is 12.1 Å². The zero-order valence-corrected chi connectivity index (χ0v) is 12.1. The number of nitrogens with zero attached hydrogens (tertiary/aromatic N) is 1. The summed E-state index contributed by atoms with van der Waals surface area (Å²) in [5, 5.41) is 8.99. The van der Waals surface area contributed by atoms with E-state index in [-0.39, 0.29) is 12.1 Å². The minimum absolute atomic E-state index is 0.173. The van der Waals surface area contributed by atoms with Gasteiger partial charge in [0, 0.05) is 23.1 Å². The van der Waals surface area contributed by atoms with Crippen LogP contribution in [0.4, 0.5) is 4.39 Å². The Bertz CT molecular complexity index is 552. The first kappa shape index (κ1) is 14.9. The molecule has 0 aromatic heterocycles. The number of hydrogen-bond acceptors (Lipinski definition) is 3. The Hall–Kier alpha value is -1.47. The number of primary amides is 1. The van der Waals surface area contributed by atoms with Crippen molar-refractivity contribution in [3.05, 3.63) is 34.1 Å². The molecule has 0 aliphatic carbocycles. The average molecular weight is 345 g/mol. The van der Waals surface area contributed by atoms with E-state index in [4.69, 9.17) is 10.8 Å². The van der Waals surface area contributed by atoms with Gasteiger partial charge in [0.15, 0.2) is 0 Å². The van der Waals surface area contributed by atoms with Crippen molar-refractivity contribution in [1.29, 1.82) is 0 Å². The Morgan fingerprint density at radius 1 is 1.50 bits per heavy atom. The summed E-state index contributed by atoms with van der Waals surface area (Å²) in [6.45, 7) is 0.596. The van der Waals surface area contributed by atoms with E-state index in [0.717, 1.165) is 0 Å². The monoisotopic (exact) mass is 344 g/mol. The molecule has 20 heavy (non-hydrogen) atoms. The Kier molecular flexibility index (Phi) is 4.39. The Morgan fingerprint density at radius 3 is 2.70 bits per heavy atom. The number of hydrogen-bond donors (Lipinski definition) is 2. The summed E-state index contributed by atoms with van der Waals surface area (Å²) < 4.78 is 14.6. The van der Waals surface area contributed by atoms with Crippen LogP contribution in [0.2, 0.25) is 0 Å². The van der Waals surface area contributed by atoms with Crippen molar-refractivity contribution >= 4 is 27.8 Å². The molecular formula is C13H14BrFN2O3. The van der Waals surface area contributed by atoms with Gasteiger partial charge in [-0.2, -0.15) is 0 Å². The zero-order valence-electron chi connectivity index (χ0n) is 10.6. The summed E-state index contributed by atoms with van der Waals surface area (Å²) >= 11 is 3.15. The molecule has 1 aromatic rings. The van der Waals surface area contributed by atoms with Crippen LogP contribution < -0.4 is 5.73 Å². The van der Waals surface area contributed by atoms with Gasteiger partial charge in [-0.3, -0.25) is 14.5 Å². The summed E-state index contributed by atoms with van der Waals surface area (Å²) in [6.07, 6.45) is 0.428. The highest BCUT2D eigenvalue weighted by molar-refractivity contribution is 9.10. The molecule has 1 aliphatic heterocycles. The molecule has 2 rings (SSSR count). The third kappa shape index (κ3) is 2.99. The van der Waals surface area contributed by atoms with Crippen LogP contribution in [0.5, 0.6) is 0 Å². The molecular weight excluding hydrogens is 331 g/mol. The fraction of sp³-hybridized carbons (Fsp3) is 0.385. The first-order valence-electron chi connectivity index (χ1n) is 6.11. The van der Waals surface area contributed by atoms with E-state index < -0.39 is 29.7 Å². The highest BCUT2D eigenvalue weighted by atomic mass is 79.9. The van der Waals surface area contributed by atoms with Gasteiger partial charge in [-0.05, 0) is 18.6 Å². The van der Waals surface area contributed by atoms with Gasteiger partial charge in [0.2, 0.25) is 5.91 Å². The van der Waals surface area contributed by atoms with Gasteiger partial charge in [0.1, 0.15) is 11.9 Å². The van der Waals surface area contributed by atoms with Crippen LogP contribution in [0.15, 0.2) is 22.7 Å². The van der Waals surface area contributed by atoms with Gasteiger partial charge in [-0.25, -0.2) is 4.39 Å². The van der Waals surface area contributed by atoms with E-state index >= 15 is 0 Å². The Labute approximate surface area is 123 Å². The number of nitrogens with two attached hydrogens (primary N) is 1. The summed E-state index contributed by atoms with van der Waals surface area (Å²) in [7, 11) is 0. The first-order valence-corrected chi connectivity index (χ1v) is 6.90. The molecule has 1 aliphatic rings. The van der Waals surface area contributed by atoms with Crippen LogP contribution in [-0.2, 0) is 9.59 Å². The molecule has 3 N–H and O–H groups in total. The molecule has 0 radical (unpaired) electrons. The SMILES string of the molecule is NC(=O)C(c1ccc(Br)cc1F)N1CCC(C(=O)O)C1. The van der Waals surface area contributed by atoms with Crippen LogP contribution in [0.3, 0.4) is 0 Å². The highest BCUT2D eigenvalue weighted by Crippen LogP contribution is 2.30. The second-order valence-electron chi connectivity index (χ2n) is 4.79. The minimum atomic E-state index is -0.938. The maximum Gasteiger partial charge on any atom is 0.307 e. The van der Waals surface area contributed by atoms with Crippen molar-refractivity contribution in [2.75, 3.05) is 13.1 Å². The number of rotatable bonds is 4. The van der Waals surface area contributed by atoms with Crippen molar-refractivity contribution in [1.82, 2.24) is 4.90 Å². The third-order valence-corrected chi connectivity index (χ3v) is 3.95. The quantitative estimate of drug-likeness (QED) is 0.867. The summed E-state index contributed by atoms with van der Waals surface area (Å²) in [6, 6.07) is 3.44. The fourth-order valence-electron chi connectivity index (χ4n) is 2.48. The van der Waals surface area contributed by atoms with Gasteiger partial charge in [-0.15, -0.1) is 0 Å². The molecule has 1 aromatic carbocycles. The van der Waals surface area contributed by atoms with Gasteiger partial charge >= 0.3 is 5.97 Å². The normalized spacial score (nSPS) is 20.8. The largest absolute Gasteiger partial charge is 0.481 e. The molecule has 2 unspecified atom stereocenters. The van der Waals surface area contributed by atoms with Crippen LogP contribution in [0.1, 0.15) is 18.0 Å². The van der Waals surface area contributed by atoms with Crippen molar-refractivity contribution in [2.45, 2.75) is 12.5 Å². The summed E-state index contributed by atoms with van der Waals surface area (Å²) in [4.78, 5) is 24.2. The lowest BCUT2D eigenvalue weighted by Crippen LogP contribution is -2.37.